The Morgan fingerprint density at radius 2 is 2.15 bits per heavy atom. The number of rotatable bonds is 2. The number of aliphatic hydroxyl groups is 1. The molecule has 0 fully saturated rings. The number of carboxylic acid groups (broad SMARTS) is 1. The maximum atomic E-state index is 11.8. The van der Waals surface area contributed by atoms with Gasteiger partial charge in [0, 0.05) is 11.4 Å². The van der Waals surface area contributed by atoms with Crippen molar-refractivity contribution in [2.24, 2.45) is 5.73 Å². The van der Waals surface area contributed by atoms with Crippen molar-refractivity contribution in [2.75, 3.05) is 13.2 Å². The van der Waals surface area contributed by atoms with Gasteiger partial charge in [-0.15, -0.1) is 11.3 Å². The zero-order valence-electron chi connectivity index (χ0n) is 10.7. The van der Waals surface area contributed by atoms with Crippen molar-refractivity contribution >= 4 is 27.5 Å². The topological polar surface area (TPSA) is 129 Å². The highest BCUT2D eigenvalue weighted by Crippen LogP contribution is 2.34. The lowest BCUT2D eigenvalue weighted by Crippen LogP contribution is -2.15. The highest BCUT2D eigenvalue weighted by molar-refractivity contribution is 7.18. The number of nitrogens with two attached hydrogens (primary N) is 1. The number of H-pyrrole nitrogens is 1. The van der Waals surface area contributed by atoms with Gasteiger partial charge in [-0.2, -0.15) is 0 Å². The van der Waals surface area contributed by atoms with E-state index in [-0.39, 0.29) is 18.0 Å². The Morgan fingerprint density at radius 1 is 1.45 bits per heavy atom. The lowest BCUT2D eigenvalue weighted by atomic mass is 10.2. The Balaban J connectivity index is 0.000000328. The first-order valence-electron chi connectivity index (χ1n) is 6.17. The lowest BCUT2D eigenvalue weighted by molar-refractivity contribution is 0.0683. The standard InChI is InChI=1S/C10H8N2O3S.C2H7NO/c13-8-6-4-2-1-3-5(4)16-9(6)12-7(11-8)10(14)15;3-1-2-4/h1-3H2,(H,14,15)(H,11,12,13);4H,1-3H2. The van der Waals surface area contributed by atoms with Gasteiger partial charge in [-0.25, -0.2) is 9.78 Å². The molecule has 0 amide bonds. The molecule has 0 radical (unpaired) electrons. The van der Waals surface area contributed by atoms with Crippen LogP contribution in [0.2, 0.25) is 0 Å². The number of aliphatic hydroxyl groups excluding tert-OH is 1. The molecule has 108 valence electrons. The number of nitrogens with one attached hydrogen (secondary N) is 1. The molecule has 0 aliphatic heterocycles. The molecule has 2 heterocycles. The van der Waals surface area contributed by atoms with Crippen molar-refractivity contribution < 1.29 is 15.0 Å². The summed E-state index contributed by atoms with van der Waals surface area (Å²) in [5.74, 6) is -1.48. The average molecular weight is 297 g/mol. The van der Waals surface area contributed by atoms with Crippen LogP contribution in [-0.2, 0) is 12.8 Å². The fourth-order valence-corrected chi connectivity index (χ4v) is 3.37. The van der Waals surface area contributed by atoms with Crippen LogP contribution in [0, 0.1) is 0 Å². The minimum absolute atomic E-state index is 0.0972. The summed E-state index contributed by atoms with van der Waals surface area (Å²) in [6.07, 6.45) is 2.93. The zero-order valence-corrected chi connectivity index (χ0v) is 11.5. The first kappa shape index (κ1) is 14.6. The zero-order chi connectivity index (χ0) is 14.7. The van der Waals surface area contributed by atoms with Gasteiger partial charge < -0.3 is 20.9 Å². The number of hydrogen-bond donors (Lipinski definition) is 4. The largest absolute Gasteiger partial charge is 0.475 e. The Morgan fingerprint density at radius 3 is 2.75 bits per heavy atom. The van der Waals surface area contributed by atoms with Gasteiger partial charge in [0.1, 0.15) is 4.83 Å². The van der Waals surface area contributed by atoms with Crippen LogP contribution in [0.3, 0.4) is 0 Å². The van der Waals surface area contributed by atoms with Gasteiger partial charge in [0.05, 0.1) is 12.0 Å². The predicted octanol–water partition coefficient (Wildman–Crippen LogP) is 0.109. The SMILES string of the molecule is NCCO.O=C(O)c1nc2sc3c(c2c(=O)[nH]1)CCC3. The monoisotopic (exact) mass is 297 g/mol. The first-order chi connectivity index (χ1) is 9.58. The molecule has 1 aliphatic rings. The molecule has 0 spiro atoms. The third kappa shape index (κ3) is 2.72. The van der Waals surface area contributed by atoms with Crippen molar-refractivity contribution in [2.45, 2.75) is 19.3 Å². The van der Waals surface area contributed by atoms with Crippen LogP contribution >= 0.6 is 11.3 Å². The van der Waals surface area contributed by atoms with Crippen LogP contribution in [-0.4, -0.2) is 39.3 Å². The lowest BCUT2D eigenvalue weighted by Gasteiger charge is -1.95. The fourth-order valence-electron chi connectivity index (χ4n) is 2.10. The number of aromatic carboxylic acids is 1. The van der Waals surface area contributed by atoms with Gasteiger partial charge in [0.25, 0.3) is 5.56 Å². The molecule has 0 bridgehead atoms. The minimum Gasteiger partial charge on any atom is -0.475 e. The maximum absolute atomic E-state index is 11.8. The van der Waals surface area contributed by atoms with Crippen molar-refractivity contribution in [3.8, 4) is 0 Å². The molecule has 3 rings (SSSR count). The second-order valence-corrected chi connectivity index (χ2v) is 5.35. The van der Waals surface area contributed by atoms with Crippen molar-refractivity contribution in [1.82, 2.24) is 9.97 Å². The summed E-state index contributed by atoms with van der Waals surface area (Å²) in [6.45, 7) is 0.472. The summed E-state index contributed by atoms with van der Waals surface area (Å²) in [7, 11) is 0. The molecule has 0 unspecified atom stereocenters. The molecule has 0 saturated heterocycles. The van der Waals surface area contributed by atoms with Crippen LogP contribution in [0.5, 0.6) is 0 Å². The molecule has 0 atom stereocenters. The van der Waals surface area contributed by atoms with E-state index in [4.69, 9.17) is 15.9 Å². The quantitative estimate of drug-likeness (QED) is 0.622. The number of aryl methyl sites for hydroxylation is 2. The number of thiophene rings is 1. The normalized spacial score (nSPS) is 12.9. The van der Waals surface area contributed by atoms with Crippen molar-refractivity contribution in [3.63, 3.8) is 0 Å². The van der Waals surface area contributed by atoms with E-state index < -0.39 is 5.97 Å². The van der Waals surface area contributed by atoms with Gasteiger partial charge in [0.2, 0.25) is 5.82 Å². The molecular weight excluding hydrogens is 282 g/mol. The van der Waals surface area contributed by atoms with Crippen LogP contribution in [0.4, 0.5) is 0 Å². The van der Waals surface area contributed by atoms with E-state index in [1.807, 2.05) is 0 Å². The van der Waals surface area contributed by atoms with Crippen molar-refractivity contribution in [1.29, 1.82) is 0 Å². The molecule has 2 aromatic rings. The molecule has 2 aromatic heterocycles. The van der Waals surface area contributed by atoms with E-state index in [0.717, 1.165) is 24.8 Å². The highest BCUT2D eigenvalue weighted by atomic mass is 32.1. The second kappa shape index (κ2) is 6.12. The van der Waals surface area contributed by atoms with Gasteiger partial charge in [0.15, 0.2) is 0 Å². The van der Waals surface area contributed by atoms with Crippen molar-refractivity contribution in [3.05, 3.63) is 26.6 Å². The van der Waals surface area contributed by atoms with Gasteiger partial charge >= 0.3 is 5.97 Å². The van der Waals surface area contributed by atoms with Crippen LogP contribution < -0.4 is 11.3 Å². The summed E-state index contributed by atoms with van der Waals surface area (Å²) in [4.78, 5) is 30.5. The van der Waals surface area contributed by atoms with E-state index in [9.17, 15) is 9.59 Å². The van der Waals surface area contributed by atoms with E-state index in [1.54, 1.807) is 0 Å². The molecule has 1 aliphatic carbocycles. The van der Waals surface area contributed by atoms with E-state index in [2.05, 4.69) is 9.97 Å². The summed E-state index contributed by atoms with van der Waals surface area (Å²) in [5, 5.41) is 17.1. The van der Waals surface area contributed by atoms with Gasteiger partial charge in [-0.1, -0.05) is 0 Å². The van der Waals surface area contributed by atoms with Gasteiger partial charge in [-0.05, 0) is 24.8 Å². The number of aromatic amines is 1. The number of carbonyl (C=O) groups is 1. The number of hydrogen-bond acceptors (Lipinski definition) is 6. The van der Waals surface area contributed by atoms with E-state index in [1.165, 1.54) is 16.2 Å². The predicted molar refractivity (Wildman–Crippen MR) is 75.4 cm³/mol. The molecular formula is C12H15N3O4S. The van der Waals surface area contributed by atoms with E-state index in [0.29, 0.717) is 16.8 Å². The second-order valence-electron chi connectivity index (χ2n) is 4.27. The summed E-state index contributed by atoms with van der Waals surface area (Å²) < 4.78 is 0. The summed E-state index contributed by atoms with van der Waals surface area (Å²) in [5.41, 5.74) is 5.51. The third-order valence-corrected chi connectivity index (χ3v) is 4.09. The summed E-state index contributed by atoms with van der Waals surface area (Å²) >= 11 is 1.44. The van der Waals surface area contributed by atoms with E-state index >= 15 is 0 Å². The third-order valence-electron chi connectivity index (χ3n) is 2.91. The number of fused-ring (bicyclic) bond motifs is 3. The van der Waals surface area contributed by atoms with Crippen LogP contribution in [0.1, 0.15) is 27.5 Å². The smallest absolute Gasteiger partial charge is 0.372 e. The molecule has 7 nitrogen and oxygen atoms in total. The number of aromatic nitrogens is 2. The molecule has 5 N–H and O–H groups in total. The number of carboxylic acids is 1. The van der Waals surface area contributed by atoms with Crippen LogP contribution in [0.25, 0.3) is 10.2 Å². The Kier molecular flexibility index (Phi) is 4.48. The maximum Gasteiger partial charge on any atom is 0.372 e. The Hall–Kier alpha value is -1.77. The number of nitrogens with zero attached hydrogens (tertiary/aromatic N) is 1. The summed E-state index contributed by atoms with van der Waals surface area (Å²) in [6, 6.07) is 0. The Bertz CT molecular complexity index is 690. The fraction of sp³-hybridized carbons (Fsp3) is 0.417. The first-order valence-corrected chi connectivity index (χ1v) is 6.99. The minimum atomic E-state index is -1.20. The highest BCUT2D eigenvalue weighted by Gasteiger charge is 2.21. The molecule has 0 saturated carbocycles. The van der Waals surface area contributed by atoms with Gasteiger partial charge in [-0.3, -0.25) is 4.79 Å². The average Bonchev–Trinajstić information content (AvgIpc) is 2.98. The van der Waals surface area contributed by atoms with Crippen LogP contribution in [0.15, 0.2) is 4.79 Å². The molecule has 20 heavy (non-hydrogen) atoms. The molecule has 8 heteroatoms. The Labute approximate surface area is 118 Å². The molecule has 0 aromatic carbocycles.